The predicted molar refractivity (Wildman–Crippen MR) is 122 cm³/mol. The van der Waals surface area contributed by atoms with Crippen molar-refractivity contribution in [1.82, 2.24) is 20.4 Å². The van der Waals surface area contributed by atoms with Crippen LogP contribution >= 0.6 is 0 Å². The van der Waals surface area contributed by atoms with Gasteiger partial charge in [0.2, 0.25) is 5.88 Å². The van der Waals surface area contributed by atoms with Crippen LogP contribution in [0, 0.1) is 5.82 Å². The summed E-state index contributed by atoms with van der Waals surface area (Å²) in [5.74, 6) is -1.14. The molecule has 3 rings (SSSR count). The van der Waals surface area contributed by atoms with Gasteiger partial charge in [-0.1, -0.05) is 0 Å². The maximum Gasteiger partial charge on any atom is 0.295 e. The van der Waals surface area contributed by atoms with Crippen molar-refractivity contribution in [3.8, 4) is 22.9 Å². The molecule has 2 N–H and O–H groups in total. The van der Waals surface area contributed by atoms with E-state index in [9.17, 15) is 14.3 Å². The molecule has 8 radical (unpaired) electrons. The number of benzene rings is 1. The van der Waals surface area contributed by atoms with Gasteiger partial charge in [-0.2, -0.15) is 0 Å². The lowest BCUT2D eigenvalue weighted by molar-refractivity contribution is -0.0478. The lowest BCUT2D eigenvalue weighted by Crippen LogP contribution is -2.37. The minimum atomic E-state index is -1.94. The number of aliphatic hydroxyl groups is 1. The smallest absolute Gasteiger partial charge is 0.295 e. The zero-order valence-corrected chi connectivity index (χ0v) is 17.9. The van der Waals surface area contributed by atoms with Gasteiger partial charge in [-0.3, -0.25) is 14.6 Å². The summed E-state index contributed by atoms with van der Waals surface area (Å²) in [6, 6.07) is 6.71. The maximum absolute atomic E-state index is 14.0. The topological polar surface area (TPSA) is 116 Å². The highest BCUT2D eigenvalue weighted by Crippen LogP contribution is 2.21. The van der Waals surface area contributed by atoms with Crippen LogP contribution in [0.25, 0.3) is 11.3 Å². The molecule has 2 aromatic heterocycles. The van der Waals surface area contributed by atoms with Gasteiger partial charge in [0, 0.05) is 23.4 Å². The number of nitrogens with zero attached hydrogens (tertiary/aromatic N) is 3. The SMILES string of the molecule is [B]C([B])([B])Oc1ccc(F)c(CONC(=O)c2cncc(-c3ccc(OC([B])(C)O)nc3)n2)c1. The molecular formula is C20H15B4FN4O5. The number of hydrogen-bond donors (Lipinski definition) is 2. The summed E-state index contributed by atoms with van der Waals surface area (Å²) >= 11 is 0. The highest BCUT2D eigenvalue weighted by molar-refractivity contribution is 6.58. The average molecular weight is 454 g/mol. The van der Waals surface area contributed by atoms with Crippen molar-refractivity contribution in [3.63, 3.8) is 0 Å². The lowest BCUT2D eigenvalue weighted by Gasteiger charge is -2.23. The van der Waals surface area contributed by atoms with E-state index in [0.717, 1.165) is 6.07 Å². The van der Waals surface area contributed by atoms with E-state index in [-0.39, 0.29) is 29.5 Å². The summed E-state index contributed by atoms with van der Waals surface area (Å²) < 4.78 is 24.1. The van der Waals surface area contributed by atoms with Gasteiger partial charge in [-0.05, 0) is 36.5 Å². The van der Waals surface area contributed by atoms with Crippen LogP contribution in [0.15, 0.2) is 48.9 Å². The van der Waals surface area contributed by atoms with Gasteiger partial charge in [0.25, 0.3) is 5.91 Å². The summed E-state index contributed by atoms with van der Waals surface area (Å²) in [5, 5.41) is 7.52. The summed E-state index contributed by atoms with van der Waals surface area (Å²) in [4.78, 5) is 29.7. The van der Waals surface area contributed by atoms with Gasteiger partial charge in [0.1, 0.15) is 47.4 Å². The van der Waals surface area contributed by atoms with Crippen molar-refractivity contribution < 1.29 is 28.6 Å². The minimum absolute atomic E-state index is 0.0479. The molecule has 0 fully saturated rings. The molecule has 9 nitrogen and oxygen atoms in total. The highest BCUT2D eigenvalue weighted by Gasteiger charge is 2.16. The Labute approximate surface area is 200 Å². The fourth-order valence-corrected chi connectivity index (χ4v) is 2.58. The molecule has 0 saturated carbocycles. The molecule has 14 heteroatoms. The third kappa shape index (κ3) is 7.60. The summed E-state index contributed by atoms with van der Waals surface area (Å²) in [6.45, 7) is 0.910. The normalized spacial score (nSPS) is 13.0. The standard InChI is InChI=1S/C20H15B4FN4O5/c1-19(21,31)34-17-5-2-11(7-27-17)15-8-26-9-16(28-15)18(30)29-32-10-12-6-13(3-4-14(12)25)33-20(22,23)24/h2-9,31H,10H2,1H3,(H,29,30). The zero-order chi connectivity index (χ0) is 24.9. The average Bonchev–Trinajstić information content (AvgIpc) is 2.74. The molecule has 0 aliphatic carbocycles. The Balaban J connectivity index is 1.62. The summed E-state index contributed by atoms with van der Waals surface area (Å²) in [6.07, 6.45) is 4.04. The van der Waals surface area contributed by atoms with Crippen LogP contribution in [0.1, 0.15) is 23.0 Å². The number of aromatic nitrogens is 3. The van der Waals surface area contributed by atoms with Crippen LogP contribution in [0.3, 0.4) is 0 Å². The van der Waals surface area contributed by atoms with E-state index in [4.69, 9.17) is 45.7 Å². The van der Waals surface area contributed by atoms with Gasteiger partial charge in [0.15, 0.2) is 13.5 Å². The molecule has 0 saturated heterocycles. The monoisotopic (exact) mass is 454 g/mol. The fourth-order valence-electron chi connectivity index (χ4n) is 2.58. The Bertz CT molecular complexity index is 1160. The Kier molecular flexibility index (Phi) is 7.63. The van der Waals surface area contributed by atoms with Crippen molar-refractivity contribution in [2.45, 2.75) is 24.5 Å². The molecule has 1 unspecified atom stereocenters. The molecule has 1 aromatic carbocycles. The van der Waals surface area contributed by atoms with E-state index in [1.165, 1.54) is 43.7 Å². The van der Waals surface area contributed by atoms with E-state index in [2.05, 4.69) is 20.4 Å². The number of pyridine rings is 1. The molecule has 0 aliphatic rings. The molecule has 34 heavy (non-hydrogen) atoms. The van der Waals surface area contributed by atoms with E-state index >= 15 is 0 Å². The molecular weight excluding hydrogens is 438 g/mol. The molecule has 1 atom stereocenters. The van der Waals surface area contributed by atoms with Crippen molar-refractivity contribution in [3.05, 3.63) is 66.0 Å². The van der Waals surface area contributed by atoms with Gasteiger partial charge in [-0.25, -0.2) is 19.8 Å². The molecule has 2 heterocycles. The van der Waals surface area contributed by atoms with Crippen LogP contribution in [-0.2, 0) is 11.4 Å². The third-order valence-electron chi connectivity index (χ3n) is 3.91. The first-order valence-corrected chi connectivity index (χ1v) is 9.64. The van der Waals surface area contributed by atoms with Gasteiger partial charge < -0.3 is 14.6 Å². The van der Waals surface area contributed by atoms with Crippen LogP contribution in [0.5, 0.6) is 11.6 Å². The molecule has 164 valence electrons. The van der Waals surface area contributed by atoms with Crippen molar-refractivity contribution in [2.75, 3.05) is 0 Å². The molecule has 0 aliphatic heterocycles. The largest absolute Gasteiger partial charge is 0.516 e. The van der Waals surface area contributed by atoms with Gasteiger partial charge in [-0.15, -0.1) is 0 Å². The zero-order valence-electron chi connectivity index (χ0n) is 17.9. The Morgan fingerprint density at radius 3 is 2.53 bits per heavy atom. The maximum atomic E-state index is 14.0. The van der Waals surface area contributed by atoms with E-state index in [0.29, 0.717) is 11.3 Å². The van der Waals surface area contributed by atoms with Gasteiger partial charge in [0.05, 0.1) is 18.1 Å². The number of carbonyl (C=O) groups is 1. The molecule has 3 aromatic rings. The predicted octanol–water partition coefficient (Wildman–Crippen LogP) is 0.248. The second-order valence-electron chi connectivity index (χ2n) is 7.26. The number of halogens is 1. The number of hydrogen-bond acceptors (Lipinski definition) is 8. The number of nitrogens with one attached hydrogen (secondary N) is 1. The van der Waals surface area contributed by atoms with Crippen LogP contribution in [0.2, 0.25) is 0 Å². The van der Waals surface area contributed by atoms with Crippen LogP contribution in [0.4, 0.5) is 4.39 Å². The van der Waals surface area contributed by atoms with Crippen LogP contribution < -0.4 is 15.0 Å². The van der Waals surface area contributed by atoms with E-state index < -0.39 is 22.7 Å². The van der Waals surface area contributed by atoms with Crippen molar-refractivity contribution >= 4 is 37.3 Å². The lowest BCUT2D eigenvalue weighted by atomic mass is 9.52. The summed E-state index contributed by atoms with van der Waals surface area (Å²) in [7, 11) is 21.4. The first kappa shape index (κ1) is 25.3. The fraction of sp³-hybridized carbons (Fsp3) is 0.200. The number of amides is 1. The first-order valence-electron chi connectivity index (χ1n) is 9.64. The van der Waals surface area contributed by atoms with Crippen LogP contribution in [-0.4, -0.2) is 68.3 Å². The Morgan fingerprint density at radius 2 is 1.88 bits per heavy atom. The van der Waals surface area contributed by atoms with Gasteiger partial charge >= 0.3 is 0 Å². The van der Waals surface area contributed by atoms with E-state index in [1.807, 2.05) is 0 Å². The first-order chi connectivity index (χ1) is 15.9. The van der Waals surface area contributed by atoms with E-state index in [1.54, 1.807) is 6.07 Å². The highest BCUT2D eigenvalue weighted by atomic mass is 19.1. The Hall–Kier alpha value is -3.37. The second kappa shape index (κ2) is 10.3. The minimum Gasteiger partial charge on any atom is -0.516 e. The Morgan fingerprint density at radius 1 is 1.12 bits per heavy atom. The quantitative estimate of drug-likeness (QED) is 0.269. The van der Waals surface area contributed by atoms with Crippen molar-refractivity contribution in [1.29, 1.82) is 0 Å². The number of carbonyl (C=O) groups excluding carboxylic acids is 1. The molecule has 1 amide bonds. The second-order valence-corrected chi connectivity index (χ2v) is 7.26. The number of hydroxylamine groups is 1. The summed E-state index contributed by atoms with van der Waals surface area (Å²) in [5.41, 5.74) is 1.10. The number of ether oxygens (including phenoxy) is 2. The number of rotatable bonds is 9. The third-order valence-corrected chi connectivity index (χ3v) is 3.91. The van der Waals surface area contributed by atoms with Crippen molar-refractivity contribution in [2.24, 2.45) is 0 Å². The molecule has 0 bridgehead atoms. The molecule has 0 spiro atoms.